The third-order valence-corrected chi connectivity index (χ3v) is 3.06. The quantitative estimate of drug-likeness (QED) is 0.812. The van der Waals surface area contributed by atoms with E-state index in [1.807, 2.05) is 13.0 Å². The summed E-state index contributed by atoms with van der Waals surface area (Å²) in [7, 11) is 0. The molecule has 2 aromatic carbocycles. The highest BCUT2D eigenvalue weighted by Crippen LogP contribution is 2.22. The number of aryl methyl sites for hydroxylation is 1. The number of halogens is 1. The summed E-state index contributed by atoms with van der Waals surface area (Å²) in [4.78, 5) is 12.0. The van der Waals surface area contributed by atoms with Crippen molar-refractivity contribution in [2.75, 3.05) is 5.32 Å². The van der Waals surface area contributed by atoms with Crippen LogP contribution in [0.1, 0.15) is 15.9 Å². The van der Waals surface area contributed by atoms with Crippen LogP contribution in [0.3, 0.4) is 0 Å². The Morgan fingerprint density at radius 1 is 1.17 bits per heavy atom. The second kappa shape index (κ2) is 5.10. The molecule has 18 heavy (non-hydrogen) atoms. The molecule has 0 spiro atoms. The molecule has 0 unspecified atom stereocenters. The molecule has 0 saturated carbocycles. The van der Waals surface area contributed by atoms with Gasteiger partial charge in [-0.15, -0.1) is 0 Å². The lowest BCUT2D eigenvalue weighted by Gasteiger charge is -2.08. The fourth-order valence-corrected chi connectivity index (χ4v) is 1.78. The van der Waals surface area contributed by atoms with Gasteiger partial charge in [0, 0.05) is 5.69 Å². The number of benzene rings is 2. The van der Waals surface area contributed by atoms with E-state index in [2.05, 4.69) is 5.32 Å². The van der Waals surface area contributed by atoms with E-state index in [4.69, 9.17) is 16.7 Å². The number of aromatic hydroxyl groups is 1. The van der Waals surface area contributed by atoms with Crippen LogP contribution in [0.4, 0.5) is 5.69 Å². The highest BCUT2D eigenvalue weighted by Gasteiger charge is 2.11. The van der Waals surface area contributed by atoms with Crippen LogP contribution in [0.2, 0.25) is 5.02 Å². The Morgan fingerprint density at radius 3 is 2.50 bits per heavy atom. The zero-order valence-corrected chi connectivity index (χ0v) is 10.5. The van der Waals surface area contributed by atoms with Crippen molar-refractivity contribution in [1.29, 1.82) is 0 Å². The molecule has 4 heteroatoms. The Bertz CT molecular complexity index is 579. The van der Waals surface area contributed by atoms with E-state index in [-0.39, 0.29) is 11.7 Å². The molecule has 0 aliphatic rings. The van der Waals surface area contributed by atoms with Crippen molar-refractivity contribution in [3.05, 3.63) is 58.6 Å². The van der Waals surface area contributed by atoms with Crippen molar-refractivity contribution >= 4 is 23.2 Å². The number of carbonyl (C=O) groups is 1. The summed E-state index contributed by atoms with van der Waals surface area (Å²) in [5.41, 5.74) is 1.90. The molecule has 1 amide bonds. The fraction of sp³-hybridized carbons (Fsp3) is 0.0714. The first-order valence-electron chi connectivity index (χ1n) is 5.43. The number of phenolic OH excluding ortho intramolecular Hbond substituents is 1. The maximum atomic E-state index is 12.0. The lowest BCUT2D eigenvalue weighted by atomic mass is 10.1. The fourth-order valence-electron chi connectivity index (χ4n) is 1.57. The van der Waals surface area contributed by atoms with Crippen molar-refractivity contribution in [1.82, 2.24) is 0 Å². The Hall–Kier alpha value is -2.00. The first-order chi connectivity index (χ1) is 8.58. The van der Waals surface area contributed by atoms with E-state index < -0.39 is 0 Å². The number of rotatable bonds is 2. The van der Waals surface area contributed by atoms with Crippen LogP contribution in [0.25, 0.3) is 0 Å². The molecule has 92 valence electrons. The van der Waals surface area contributed by atoms with E-state index in [9.17, 15) is 4.79 Å². The largest absolute Gasteiger partial charge is 0.508 e. The van der Waals surface area contributed by atoms with Crippen molar-refractivity contribution in [3.63, 3.8) is 0 Å². The maximum Gasteiger partial charge on any atom is 0.257 e. The minimum atomic E-state index is -0.269. The second-order valence-electron chi connectivity index (χ2n) is 3.94. The second-order valence-corrected chi connectivity index (χ2v) is 4.32. The molecular formula is C14H12ClNO2. The number of phenols is 1. The predicted octanol–water partition coefficient (Wildman–Crippen LogP) is 3.61. The van der Waals surface area contributed by atoms with Crippen LogP contribution in [-0.2, 0) is 0 Å². The Morgan fingerprint density at radius 2 is 1.83 bits per heavy atom. The first kappa shape index (κ1) is 12.5. The summed E-state index contributed by atoms with van der Waals surface area (Å²) < 4.78 is 0. The van der Waals surface area contributed by atoms with Crippen LogP contribution in [-0.4, -0.2) is 11.0 Å². The van der Waals surface area contributed by atoms with Gasteiger partial charge in [-0.25, -0.2) is 0 Å². The lowest BCUT2D eigenvalue weighted by molar-refractivity contribution is 0.102. The van der Waals surface area contributed by atoms with E-state index in [0.29, 0.717) is 16.3 Å². The van der Waals surface area contributed by atoms with Gasteiger partial charge in [0.15, 0.2) is 0 Å². The smallest absolute Gasteiger partial charge is 0.257 e. The van der Waals surface area contributed by atoms with Crippen molar-refractivity contribution < 1.29 is 9.90 Å². The van der Waals surface area contributed by atoms with Crippen LogP contribution < -0.4 is 5.32 Å². The molecule has 0 fully saturated rings. The van der Waals surface area contributed by atoms with Crippen LogP contribution in [0.5, 0.6) is 5.75 Å². The van der Waals surface area contributed by atoms with Gasteiger partial charge in [0.25, 0.3) is 5.91 Å². The van der Waals surface area contributed by atoms with E-state index in [0.717, 1.165) is 5.56 Å². The summed E-state index contributed by atoms with van der Waals surface area (Å²) in [5.74, 6) is -0.115. The Labute approximate surface area is 110 Å². The molecule has 0 aliphatic carbocycles. The summed E-state index contributed by atoms with van der Waals surface area (Å²) >= 11 is 6.08. The molecule has 2 rings (SSSR count). The van der Waals surface area contributed by atoms with Gasteiger partial charge in [-0.1, -0.05) is 23.7 Å². The van der Waals surface area contributed by atoms with Gasteiger partial charge in [0.05, 0.1) is 10.6 Å². The molecule has 0 bridgehead atoms. The van der Waals surface area contributed by atoms with Crippen molar-refractivity contribution in [2.45, 2.75) is 6.92 Å². The predicted molar refractivity (Wildman–Crippen MR) is 72.2 cm³/mol. The van der Waals surface area contributed by atoms with Crippen molar-refractivity contribution in [2.24, 2.45) is 0 Å². The summed E-state index contributed by atoms with van der Waals surface area (Å²) in [6.45, 7) is 1.85. The molecular weight excluding hydrogens is 250 g/mol. The summed E-state index contributed by atoms with van der Waals surface area (Å²) in [6.07, 6.45) is 0. The number of hydrogen-bond donors (Lipinski definition) is 2. The molecule has 0 heterocycles. The van der Waals surface area contributed by atoms with Gasteiger partial charge in [-0.3, -0.25) is 4.79 Å². The SMILES string of the molecule is Cc1cccc(C(=O)Nc2ccc(O)cc2)c1Cl. The minimum Gasteiger partial charge on any atom is -0.508 e. The highest BCUT2D eigenvalue weighted by molar-refractivity contribution is 6.35. The normalized spacial score (nSPS) is 10.1. The molecule has 2 N–H and O–H groups in total. The molecule has 0 saturated heterocycles. The number of nitrogens with one attached hydrogen (secondary N) is 1. The molecule has 0 aliphatic heterocycles. The Kier molecular flexibility index (Phi) is 3.53. The molecule has 2 aromatic rings. The minimum absolute atomic E-state index is 0.154. The van der Waals surface area contributed by atoms with Gasteiger partial charge in [-0.2, -0.15) is 0 Å². The van der Waals surface area contributed by atoms with E-state index >= 15 is 0 Å². The third-order valence-electron chi connectivity index (χ3n) is 2.56. The average molecular weight is 262 g/mol. The summed E-state index contributed by atoms with van der Waals surface area (Å²) in [6, 6.07) is 11.6. The van der Waals surface area contributed by atoms with E-state index in [1.54, 1.807) is 24.3 Å². The summed E-state index contributed by atoms with van der Waals surface area (Å²) in [5, 5.41) is 12.3. The number of amides is 1. The zero-order chi connectivity index (χ0) is 13.1. The monoisotopic (exact) mass is 261 g/mol. The molecule has 0 radical (unpaired) electrons. The number of anilines is 1. The topological polar surface area (TPSA) is 49.3 Å². The van der Waals surface area contributed by atoms with Gasteiger partial charge in [0.1, 0.15) is 5.75 Å². The molecule has 0 atom stereocenters. The number of carbonyl (C=O) groups excluding carboxylic acids is 1. The number of hydrogen-bond acceptors (Lipinski definition) is 2. The van der Waals surface area contributed by atoms with Crippen LogP contribution in [0, 0.1) is 6.92 Å². The molecule has 0 aromatic heterocycles. The first-order valence-corrected chi connectivity index (χ1v) is 5.81. The van der Waals surface area contributed by atoms with Crippen molar-refractivity contribution in [3.8, 4) is 5.75 Å². The zero-order valence-electron chi connectivity index (χ0n) is 9.77. The Balaban J connectivity index is 2.22. The lowest BCUT2D eigenvalue weighted by Crippen LogP contribution is -2.12. The highest BCUT2D eigenvalue weighted by atomic mass is 35.5. The standard InChI is InChI=1S/C14H12ClNO2/c1-9-3-2-4-12(13(9)15)14(18)16-10-5-7-11(17)8-6-10/h2-8,17H,1H3,(H,16,18). The van der Waals surface area contributed by atoms with Crippen LogP contribution >= 0.6 is 11.6 Å². The van der Waals surface area contributed by atoms with Gasteiger partial charge in [0.2, 0.25) is 0 Å². The van der Waals surface area contributed by atoms with Crippen LogP contribution in [0.15, 0.2) is 42.5 Å². The van der Waals surface area contributed by atoms with Gasteiger partial charge in [-0.05, 0) is 42.8 Å². The van der Waals surface area contributed by atoms with Gasteiger partial charge >= 0.3 is 0 Å². The molecule has 3 nitrogen and oxygen atoms in total. The maximum absolute atomic E-state index is 12.0. The third kappa shape index (κ3) is 2.63. The average Bonchev–Trinajstić information content (AvgIpc) is 2.35. The van der Waals surface area contributed by atoms with E-state index in [1.165, 1.54) is 12.1 Å². The van der Waals surface area contributed by atoms with Gasteiger partial charge < -0.3 is 10.4 Å².